The largest absolute Gasteiger partial charge is 0.0999 e. The molecule has 0 heterocycles. The fourth-order valence-corrected chi connectivity index (χ4v) is 5.23. The molecule has 0 N–H and O–H groups in total. The zero-order valence-electron chi connectivity index (χ0n) is 19.8. The van der Waals surface area contributed by atoms with Gasteiger partial charge in [0, 0.05) is 0 Å². The number of allylic oxidation sites excluding steroid dienone is 7. The lowest BCUT2D eigenvalue weighted by Gasteiger charge is -2.18. The van der Waals surface area contributed by atoms with Gasteiger partial charge in [0.05, 0.1) is 0 Å². The van der Waals surface area contributed by atoms with Gasteiger partial charge in [-0.05, 0) is 94.3 Å². The molecule has 2 aliphatic rings. The molecule has 3 atom stereocenters. The molecule has 164 valence electrons. The average Bonchev–Trinajstić information content (AvgIpc) is 3.14. The summed E-state index contributed by atoms with van der Waals surface area (Å²) in [7, 11) is 0. The third-order valence-electron chi connectivity index (χ3n) is 6.97. The number of hydrogen-bond acceptors (Lipinski definition) is 0. The molecule has 0 aromatic carbocycles. The van der Waals surface area contributed by atoms with Crippen molar-refractivity contribution in [2.75, 3.05) is 0 Å². The van der Waals surface area contributed by atoms with Gasteiger partial charge in [-0.25, -0.2) is 0 Å². The van der Waals surface area contributed by atoms with E-state index in [0.29, 0.717) is 0 Å². The number of hydrogen-bond donors (Lipinski definition) is 0. The predicted molar refractivity (Wildman–Crippen MR) is 131 cm³/mol. The number of rotatable bonds is 14. The second-order valence-corrected chi connectivity index (χ2v) is 10.4. The summed E-state index contributed by atoms with van der Waals surface area (Å²) in [6, 6.07) is 0. The minimum absolute atomic E-state index is 0.756. The fourth-order valence-electron chi connectivity index (χ4n) is 5.23. The van der Waals surface area contributed by atoms with Gasteiger partial charge >= 0.3 is 0 Å². The van der Waals surface area contributed by atoms with Gasteiger partial charge in [-0.2, -0.15) is 0 Å². The van der Waals surface area contributed by atoms with Crippen molar-refractivity contribution in [1.82, 2.24) is 0 Å². The van der Waals surface area contributed by atoms with Gasteiger partial charge in [0.1, 0.15) is 0 Å². The molecule has 1 fully saturated rings. The van der Waals surface area contributed by atoms with Crippen LogP contribution < -0.4 is 0 Å². The summed E-state index contributed by atoms with van der Waals surface area (Å²) in [5, 5.41) is 0. The Morgan fingerprint density at radius 2 is 2.00 bits per heavy atom. The summed E-state index contributed by atoms with van der Waals surface area (Å²) in [4.78, 5) is 0. The van der Waals surface area contributed by atoms with Crippen LogP contribution in [0.2, 0.25) is 0 Å². The van der Waals surface area contributed by atoms with Crippen LogP contribution in [0.1, 0.15) is 111 Å². The zero-order valence-corrected chi connectivity index (χ0v) is 19.8. The molecule has 2 rings (SSSR count). The van der Waals surface area contributed by atoms with Gasteiger partial charge in [-0.1, -0.05) is 88.1 Å². The summed E-state index contributed by atoms with van der Waals surface area (Å²) < 4.78 is 0. The monoisotopic (exact) mass is 396 g/mol. The Balaban J connectivity index is 1.56. The normalized spacial score (nSPS) is 23.1. The molecule has 0 nitrogen and oxygen atoms in total. The van der Waals surface area contributed by atoms with Crippen LogP contribution in [0.15, 0.2) is 48.1 Å². The Morgan fingerprint density at radius 1 is 1.14 bits per heavy atom. The molecule has 0 spiro atoms. The van der Waals surface area contributed by atoms with Crippen LogP contribution in [0.5, 0.6) is 0 Å². The third-order valence-corrected chi connectivity index (χ3v) is 6.97. The second kappa shape index (κ2) is 14.1. The van der Waals surface area contributed by atoms with Gasteiger partial charge in [-0.3, -0.25) is 0 Å². The van der Waals surface area contributed by atoms with Gasteiger partial charge in [0.15, 0.2) is 0 Å². The molecule has 0 saturated heterocycles. The fraction of sp³-hybridized carbons (Fsp3) is 0.724. The Labute approximate surface area is 182 Å². The van der Waals surface area contributed by atoms with Crippen molar-refractivity contribution in [1.29, 1.82) is 0 Å². The molecule has 0 aromatic heterocycles. The van der Waals surface area contributed by atoms with E-state index in [4.69, 9.17) is 0 Å². The Hall–Kier alpha value is -1.04. The average molecular weight is 397 g/mol. The smallest absolute Gasteiger partial charge is 0.0205 e. The minimum Gasteiger partial charge on any atom is -0.0999 e. The quantitative estimate of drug-likeness (QED) is 0.202. The third kappa shape index (κ3) is 10.5. The Morgan fingerprint density at radius 3 is 2.76 bits per heavy atom. The summed E-state index contributed by atoms with van der Waals surface area (Å²) in [6.45, 7) is 11.3. The van der Waals surface area contributed by atoms with Crippen molar-refractivity contribution in [3.8, 4) is 0 Å². The van der Waals surface area contributed by atoms with Crippen LogP contribution in [0, 0.1) is 23.7 Å². The van der Waals surface area contributed by atoms with Crippen molar-refractivity contribution in [3.05, 3.63) is 48.1 Å². The van der Waals surface area contributed by atoms with Crippen LogP contribution >= 0.6 is 0 Å². The standard InChI is InChI=1S/C29H48/c1-24(2)23-26(4)22-21-25(3)13-11-18-29-20-12-19-28(29)17-10-6-9-16-27-14-7-5-8-15-27/h7,10,14-15,17,24-25,28-29H,4-6,8-9,11-13,16,18-23H2,1-3H3/b17-10+/t25-,28+,29+/m1/s1. The molecule has 0 aliphatic heterocycles. The lowest BCUT2D eigenvalue weighted by atomic mass is 9.87. The second-order valence-electron chi connectivity index (χ2n) is 10.4. The minimum atomic E-state index is 0.756. The summed E-state index contributed by atoms with van der Waals surface area (Å²) in [5.74, 6) is 3.44. The van der Waals surface area contributed by atoms with E-state index < -0.39 is 0 Å². The van der Waals surface area contributed by atoms with Crippen molar-refractivity contribution in [2.45, 2.75) is 111 Å². The molecule has 0 heteroatoms. The molecule has 0 unspecified atom stereocenters. The highest BCUT2D eigenvalue weighted by Gasteiger charge is 2.24. The van der Waals surface area contributed by atoms with Crippen molar-refractivity contribution < 1.29 is 0 Å². The van der Waals surface area contributed by atoms with Crippen molar-refractivity contribution >= 4 is 0 Å². The summed E-state index contributed by atoms with van der Waals surface area (Å²) >= 11 is 0. The van der Waals surface area contributed by atoms with E-state index in [1.54, 1.807) is 5.57 Å². The molecule has 0 amide bonds. The summed E-state index contributed by atoms with van der Waals surface area (Å²) in [6.07, 6.45) is 30.9. The van der Waals surface area contributed by atoms with Crippen molar-refractivity contribution in [2.24, 2.45) is 23.7 Å². The van der Waals surface area contributed by atoms with Gasteiger partial charge in [0.2, 0.25) is 0 Å². The van der Waals surface area contributed by atoms with Crippen LogP contribution in [0.4, 0.5) is 0 Å². The zero-order chi connectivity index (χ0) is 20.9. The Kier molecular flexibility index (Phi) is 11.7. The highest BCUT2D eigenvalue weighted by molar-refractivity contribution is 5.21. The lowest BCUT2D eigenvalue weighted by Crippen LogP contribution is -2.06. The first-order valence-electron chi connectivity index (χ1n) is 12.7. The van der Waals surface area contributed by atoms with E-state index in [9.17, 15) is 0 Å². The van der Waals surface area contributed by atoms with E-state index in [1.165, 1.54) is 95.5 Å². The maximum Gasteiger partial charge on any atom is -0.0205 e. The van der Waals surface area contributed by atoms with E-state index >= 15 is 0 Å². The van der Waals surface area contributed by atoms with Crippen LogP contribution in [-0.2, 0) is 0 Å². The molecular weight excluding hydrogens is 348 g/mol. The highest BCUT2D eigenvalue weighted by Crippen LogP contribution is 2.37. The molecule has 2 aliphatic carbocycles. The first-order chi connectivity index (χ1) is 14.0. The molecular formula is C29H48. The number of unbranched alkanes of at least 4 members (excludes halogenated alkanes) is 1. The van der Waals surface area contributed by atoms with Crippen LogP contribution in [-0.4, -0.2) is 0 Å². The molecule has 0 aromatic rings. The molecule has 29 heavy (non-hydrogen) atoms. The SMILES string of the molecule is C=C(CC[C@H](C)CCC[C@H]1CCC[C@@H]1/C=C/CCCC1=CCCC=C1)CC(C)C. The molecule has 0 radical (unpaired) electrons. The maximum absolute atomic E-state index is 4.27. The van der Waals surface area contributed by atoms with Gasteiger partial charge < -0.3 is 0 Å². The van der Waals surface area contributed by atoms with Gasteiger partial charge in [-0.15, -0.1) is 0 Å². The summed E-state index contributed by atoms with van der Waals surface area (Å²) in [5.41, 5.74) is 3.02. The maximum atomic E-state index is 4.27. The van der Waals surface area contributed by atoms with Crippen LogP contribution in [0.3, 0.4) is 0 Å². The van der Waals surface area contributed by atoms with E-state index in [-0.39, 0.29) is 0 Å². The Bertz CT molecular complexity index is 544. The van der Waals surface area contributed by atoms with E-state index in [2.05, 4.69) is 57.7 Å². The first kappa shape index (κ1) is 24.2. The highest BCUT2D eigenvalue weighted by atomic mass is 14.3. The van der Waals surface area contributed by atoms with E-state index in [0.717, 1.165) is 23.7 Å². The van der Waals surface area contributed by atoms with Crippen molar-refractivity contribution in [3.63, 3.8) is 0 Å². The predicted octanol–water partition coefficient (Wildman–Crippen LogP) is 9.59. The topological polar surface area (TPSA) is 0 Å². The first-order valence-corrected chi connectivity index (χ1v) is 12.7. The molecule has 0 bridgehead atoms. The van der Waals surface area contributed by atoms with E-state index in [1.807, 2.05) is 0 Å². The van der Waals surface area contributed by atoms with Crippen LogP contribution in [0.25, 0.3) is 0 Å². The van der Waals surface area contributed by atoms with Gasteiger partial charge in [0.25, 0.3) is 0 Å². The lowest BCUT2D eigenvalue weighted by molar-refractivity contribution is 0.376. The molecule has 1 saturated carbocycles.